The number of aliphatic imine (C=N–C) groups is 1. The first-order valence-electron chi connectivity index (χ1n) is 5.55. The summed E-state index contributed by atoms with van der Waals surface area (Å²) in [6.45, 7) is 8.21. The third-order valence-electron chi connectivity index (χ3n) is 2.12. The van der Waals surface area contributed by atoms with E-state index in [1.165, 1.54) is 5.56 Å². The zero-order valence-corrected chi connectivity index (χ0v) is 10.5. The van der Waals surface area contributed by atoms with Gasteiger partial charge in [0.05, 0.1) is 6.04 Å². The summed E-state index contributed by atoms with van der Waals surface area (Å²) in [7, 11) is 0. The molecule has 1 unspecified atom stereocenters. The Labute approximate surface area is 97.8 Å². The van der Waals surface area contributed by atoms with Gasteiger partial charge < -0.3 is 11.1 Å². The molecule has 0 amide bonds. The van der Waals surface area contributed by atoms with Crippen molar-refractivity contribution >= 4 is 5.96 Å². The number of nitrogens with two attached hydrogens (primary N) is 1. The number of rotatable bonds is 2. The molecule has 1 aromatic carbocycles. The van der Waals surface area contributed by atoms with Crippen molar-refractivity contribution in [3.8, 4) is 0 Å². The first-order valence-corrected chi connectivity index (χ1v) is 5.55. The minimum Gasteiger partial charge on any atom is -0.370 e. The Morgan fingerprint density at radius 3 is 2.31 bits per heavy atom. The van der Waals surface area contributed by atoms with Crippen molar-refractivity contribution in [2.45, 2.75) is 39.3 Å². The van der Waals surface area contributed by atoms with Crippen LogP contribution in [-0.2, 0) is 0 Å². The van der Waals surface area contributed by atoms with E-state index in [0.29, 0.717) is 5.96 Å². The Kier molecular flexibility index (Phi) is 3.93. The summed E-state index contributed by atoms with van der Waals surface area (Å²) in [6, 6.07) is 10.2. The van der Waals surface area contributed by atoms with Gasteiger partial charge >= 0.3 is 0 Å². The Morgan fingerprint density at radius 1 is 1.25 bits per heavy atom. The van der Waals surface area contributed by atoms with E-state index in [1.807, 2.05) is 25.1 Å². The summed E-state index contributed by atoms with van der Waals surface area (Å²) in [4.78, 5) is 4.42. The molecule has 0 bridgehead atoms. The predicted octanol–water partition coefficient (Wildman–Crippen LogP) is 2.45. The van der Waals surface area contributed by atoms with Crippen LogP contribution in [0.1, 0.15) is 39.3 Å². The van der Waals surface area contributed by atoms with Crippen LogP contribution < -0.4 is 11.1 Å². The Morgan fingerprint density at radius 2 is 1.81 bits per heavy atom. The Balaban J connectivity index is 2.70. The van der Waals surface area contributed by atoms with Gasteiger partial charge in [-0.2, -0.15) is 0 Å². The monoisotopic (exact) mass is 219 g/mol. The standard InChI is InChI=1S/C13H21N3/c1-10(11-8-6-5-7-9-11)15-12(14)16-13(2,3)4/h5-10H,1-4H3,(H3,14,15,16). The highest BCUT2D eigenvalue weighted by Gasteiger charge is 2.11. The predicted molar refractivity (Wildman–Crippen MR) is 69.4 cm³/mol. The van der Waals surface area contributed by atoms with E-state index >= 15 is 0 Å². The Bertz CT molecular complexity index is 349. The molecule has 0 radical (unpaired) electrons. The molecule has 3 heteroatoms. The van der Waals surface area contributed by atoms with Crippen molar-refractivity contribution in [1.82, 2.24) is 5.32 Å². The second-order valence-corrected chi connectivity index (χ2v) is 4.98. The van der Waals surface area contributed by atoms with Crippen LogP contribution in [0.5, 0.6) is 0 Å². The number of hydrogen-bond donors (Lipinski definition) is 2. The molecule has 16 heavy (non-hydrogen) atoms. The van der Waals surface area contributed by atoms with Gasteiger partial charge in [0.15, 0.2) is 5.96 Å². The molecule has 88 valence electrons. The Hall–Kier alpha value is -1.51. The van der Waals surface area contributed by atoms with Crippen LogP contribution >= 0.6 is 0 Å². The maximum atomic E-state index is 5.84. The molecule has 3 N–H and O–H groups in total. The van der Waals surface area contributed by atoms with Gasteiger partial charge in [-0.1, -0.05) is 30.3 Å². The van der Waals surface area contributed by atoms with Gasteiger partial charge in [-0.3, -0.25) is 0 Å². The fraction of sp³-hybridized carbons (Fsp3) is 0.462. The van der Waals surface area contributed by atoms with Gasteiger partial charge in [0, 0.05) is 5.54 Å². The first-order chi connectivity index (χ1) is 7.38. The van der Waals surface area contributed by atoms with Crippen LogP contribution in [0.25, 0.3) is 0 Å². The lowest BCUT2D eigenvalue weighted by Crippen LogP contribution is -2.45. The second-order valence-electron chi connectivity index (χ2n) is 4.98. The first kappa shape index (κ1) is 12.6. The van der Waals surface area contributed by atoms with Crippen molar-refractivity contribution in [2.24, 2.45) is 10.7 Å². The van der Waals surface area contributed by atoms with E-state index in [0.717, 1.165) is 0 Å². The van der Waals surface area contributed by atoms with E-state index in [4.69, 9.17) is 5.73 Å². The third-order valence-corrected chi connectivity index (χ3v) is 2.12. The highest BCUT2D eigenvalue weighted by molar-refractivity contribution is 5.78. The summed E-state index contributed by atoms with van der Waals surface area (Å²) >= 11 is 0. The summed E-state index contributed by atoms with van der Waals surface area (Å²) in [5, 5.41) is 3.15. The molecular weight excluding hydrogens is 198 g/mol. The van der Waals surface area contributed by atoms with Crippen LogP contribution in [0.2, 0.25) is 0 Å². The van der Waals surface area contributed by atoms with Gasteiger partial charge in [-0.25, -0.2) is 4.99 Å². The third kappa shape index (κ3) is 4.34. The van der Waals surface area contributed by atoms with Crippen LogP contribution in [0.3, 0.4) is 0 Å². The molecule has 1 rings (SSSR count). The lowest BCUT2D eigenvalue weighted by atomic mass is 10.1. The lowest BCUT2D eigenvalue weighted by molar-refractivity contribution is 0.507. The van der Waals surface area contributed by atoms with Crippen molar-refractivity contribution in [3.05, 3.63) is 35.9 Å². The molecular formula is C13H21N3. The molecule has 0 spiro atoms. The van der Waals surface area contributed by atoms with E-state index < -0.39 is 0 Å². The van der Waals surface area contributed by atoms with Gasteiger partial charge in [-0.05, 0) is 33.3 Å². The van der Waals surface area contributed by atoms with Crippen LogP contribution in [-0.4, -0.2) is 11.5 Å². The van der Waals surface area contributed by atoms with Gasteiger partial charge in [0.25, 0.3) is 0 Å². The topological polar surface area (TPSA) is 50.4 Å². The number of benzene rings is 1. The second kappa shape index (κ2) is 5.01. The SMILES string of the molecule is CC(N=C(N)NC(C)(C)C)c1ccccc1. The largest absolute Gasteiger partial charge is 0.370 e. The molecule has 0 aromatic heterocycles. The molecule has 1 aromatic rings. The molecule has 3 nitrogen and oxygen atoms in total. The molecule has 0 fully saturated rings. The van der Waals surface area contributed by atoms with E-state index in [1.54, 1.807) is 0 Å². The number of nitrogens with one attached hydrogen (secondary N) is 1. The average molecular weight is 219 g/mol. The molecule has 0 heterocycles. The van der Waals surface area contributed by atoms with Crippen LogP contribution in [0, 0.1) is 0 Å². The quantitative estimate of drug-likeness (QED) is 0.593. The van der Waals surface area contributed by atoms with Gasteiger partial charge in [-0.15, -0.1) is 0 Å². The molecule has 0 aliphatic rings. The molecule has 0 aliphatic heterocycles. The van der Waals surface area contributed by atoms with E-state index in [-0.39, 0.29) is 11.6 Å². The molecule has 1 atom stereocenters. The number of hydrogen-bond acceptors (Lipinski definition) is 1. The normalized spacial score (nSPS) is 14.6. The zero-order valence-electron chi connectivity index (χ0n) is 10.5. The summed E-state index contributed by atoms with van der Waals surface area (Å²) in [5.41, 5.74) is 6.95. The fourth-order valence-corrected chi connectivity index (χ4v) is 1.43. The summed E-state index contributed by atoms with van der Waals surface area (Å²) < 4.78 is 0. The van der Waals surface area contributed by atoms with Crippen LogP contribution in [0.4, 0.5) is 0 Å². The van der Waals surface area contributed by atoms with Crippen molar-refractivity contribution < 1.29 is 0 Å². The minimum absolute atomic E-state index is 0.0516. The van der Waals surface area contributed by atoms with Crippen molar-refractivity contribution in [3.63, 3.8) is 0 Å². The lowest BCUT2D eigenvalue weighted by Gasteiger charge is -2.21. The van der Waals surface area contributed by atoms with Crippen LogP contribution in [0.15, 0.2) is 35.3 Å². The van der Waals surface area contributed by atoms with Gasteiger partial charge in [0.1, 0.15) is 0 Å². The average Bonchev–Trinajstić information content (AvgIpc) is 2.16. The molecule has 0 saturated carbocycles. The van der Waals surface area contributed by atoms with Crippen molar-refractivity contribution in [1.29, 1.82) is 0 Å². The van der Waals surface area contributed by atoms with Gasteiger partial charge in [0.2, 0.25) is 0 Å². The van der Waals surface area contributed by atoms with E-state index in [2.05, 4.69) is 43.2 Å². The molecule has 0 aliphatic carbocycles. The fourth-order valence-electron chi connectivity index (χ4n) is 1.43. The smallest absolute Gasteiger partial charge is 0.189 e. The maximum absolute atomic E-state index is 5.84. The maximum Gasteiger partial charge on any atom is 0.189 e. The highest BCUT2D eigenvalue weighted by Crippen LogP contribution is 2.15. The molecule has 0 saturated heterocycles. The zero-order chi connectivity index (χ0) is 12.2. The number of nitrogens with zero attached hydrogens (tertiary/aromatic N) is 1. The minimum atomic E-state index is -0.0516. The van der Waals surface area contributed by atoms with Crippen molar-refractivity contribution in [2.75, 3.05) is 0 Å². The number of guanidine groups is 1. The van der Waals surface area contributed by atoms with E-state index in [9.17, 15) is 0 Å². The highest BCUT2D eigenvalue weighted by atomic mass is 15.1. The summed E-state index contributed by atoms with van der Waals surface area (Å²) in [6.07, 6.45) is 0. The summed E-state index contributed by atoms with van der Waals surface area (Å²) in [5.74, 6) is 0.490.